The molecule has 0 unspecified atom stereocenters. The maximum absolute atomic E-state index is 11.3. The average Bonchev–Trinajstić information content (AvgIpc) is 2.39. The summed E-state index contributed by atoms with van der Waals surface area (Å²) in [4.78, 5) is 14.0. The van der Waals surface area contributed by atoms with Crippen molar-refractivity contribution in [3.05, 3.63) is 0 Å². The summed E-state index contributed by atoms with van der Waals surface area (Å²) in [6.07, 6.45) is 6.92. The number of piperidine rings is 2. The summed E-state index contributed by atoms with van der Waals surface area (Å²) in [5.41, 5.74) is 0. The highest BCUT2D eigenvalue weighted by Gasteiger charge is 2.29. The van der Waals surface area contributed by atoms with Gasteiger partial charge in [-0.1, -0.05) is 11.9 Å². The molecule has 2 heterocycles. The quantitative estimate of drug-likeness (QED) is 0.721. The monoisotopic (exact) mass is 256 g/mol. The first kappa shape index (κ1) is 13.4. The summed E-state index contributed by atoms with van der Waals surface area (Å²) in [7, 11) is 0. The van der Waals surface area contributed by atoms with Crippen LogP contribution in [0, 0.1) is 5.92 Å². The second kappa shape index (κ2) is 6.21. The molecule has 2 aliphatic rings. The van der Waals surface area contributed by atoms with Crippen LogP contribution in [-0.2, 0) is 4.79 Å². The van der Waals surface area contributed by atoms with Crippen molar-refractivity contribution in [2.45, 2.75) is 38.6 Å². The third-order valence-electron chi connectivity index (χ3n) is 4.30. The van der Waals surface area contributed by atoms with Gasteiger partial charge in [0.05, 0.1) is 0 Å². The van der Waals surface area contributed by atoms with Gasteiger partial charge in [-0.25, -0.2) is 0 Å². The number of likely N-dealkylation sites (tertiary alicyclic amines) is 1. The lowest BCUT2D eigenvalue weighted by Gasteiger charge is -2.40. The molecule has 2 aliphatic heterocycles. The molecule has 4 heteroatoms. The van der Waals surface area contributed by atoms with Crippen LogP contribution in [0.25, 0.3) is 0 Å². The summed E-state index contributed by atoms with van der Waals surface area (Å²) in [6, 6.07) is 0.770. The average molecular weight is 256 g/mol. The van der Waals surface area contributed by atoms with E-state index in [4.69, 9.17) is 0 Å². The van der Waals surface area contributed by atoms with Gasteiger partial charge in [0.15, 0.2) is 0 Å². The maximum Gasteiger partial charge on any atom is 0.133 e. The van der Waals surface area contributed by atoms with Gasteiger partial charge in [-0.3, -0.25) is 9.10 Å². The Kier molecular flexibility index (Phi) is 4.88. The van der Waals surface area contributed by atoms with Gasteiger partial charge in [-0.05, 0) is 52.0 Å². The molecule has 2 rings (SSSR count). The van der Waals surface area contributed by atoms with Crippen LogP contribution >= 0.6 is 11.9 Å². The van der Waals surface area contributed by atoms with Crippen molar-refractivity contribution >= 4 is 17.7 Å². The van der Waals surface area contributed by atoms with E-state index in [-0.39, 0.29) is 0 Å². The SMILES string of the molecule is CSN1CCC(N2CCC(C(C)=O)CC2)CC1. The van der Waals surface area contributed by atoms with E-state index in [0.29, 0.717) is 11.7 Å². The number of nitrogens with zero attached hydrogens (tertiary/aromatic N) is 2. The fourth-order valence-electron chi connectivity index (χ4n) is 3.06. The van der Waals surface area contributed by atoms with Crippen molar-refractivity contribution in [3.63, 3.8) is 0 Å². The van der Waals surface area contributed by atoms with Crippen molar-refractivity contribution in [1.29, 1.82) is 0 Å². The fraction of sp³-hybridized carbons (Fsp3) is 0.923. The van der Waals surface area contributed by atoms with Crippen LogP contribution in [0.15, 0.2) is 0 Å². The molecule has 0 saturated carbocycles. The van der Waals surface area contributed by atoms with Crippen molar-refractivity contribution in [2.75, 3.05) is 32.4 Å². The number of rotatable bonds is 3. The van der Waals surface area contributed by atoms with Gasteiger partial charge in [-0.2, -0.15) is 0 Å². The maximum atomic E-state index is 11.3. The molecule has 0 aliphatic carbocycles. The van der Waals surface area contributed by atoms with E-state index in [1.54, 1.807) is 6.92 Å². The Morgan fingerprint density at radius 3 is 2.12 bits per heavy atom. The molecule has 3 nitrogen and oxygen atoms in total. The lowest BCUT2D eigenvalue weighted by molar-refractivity contribution is -0.122. The molecule has 0 amide bonds. The van der Waals surface area contributed by atoms with Crippen LogP contribution in [-0.4, -0.2) is 53.5 Å². The van der Waals surface area contributed by atoms with Crippen LogP contribution in [0.5, 0.6) is 0 Å². The van der Waals surface area contributed by atoms with Crippen LogP contribution in [0.2, 0.25) is 0 Å². The lowest BCUT2D eigenvalue weighted by atomic mass is 9.91. The molecule has 2 saturated heterocycles. The summed E-state index contributed by atoms with van der Waals surface area (Å²) in [5, 5.41) is 0. The molecule has 0 spiro atoms. The zero-order chi connectivity index (χ0) is 12.3. The standard InChI is InChI=1S/C13H24N2OS/c1-11(16)12-3-7-14(8-4-12)13-5-9-15(17-2)10-6-13/h12-13H,3-10H2,1-2H3. The first-order valence-corrected chi connectivity index (χ1v) is 7.92. The Hall–Kier alpha value is -0.0600. The number of Topliss-reactive ketones (excluding diaryl/α,β-unsaturated/α-hetero) is 1. The first-order chi connectivity index (χ1) is 8.20. The molecule has 0 bridgehead atoms. The summed E-state index contributed by atoms with van der Waals surface area (Å²) in [5.74, 6) is 0.736. The second-order valence-electron chi connectivity index (χ2n) is 5.26. The Labute approximate surface area is 109 Å². The number of carbonyl (C=O) groups is 1. The highest BCUT2D eigenvalue weighted by Crippen LogP contribution is 2.25. The van der Waals surface area contributed by atoms with Crippen molar-refractivity contribution in [3.8, 4) is 0 Å². The van der Waals surface area contributed by atoms with E-state index in [2.05, 4.69) is 15.5 Å². The summed E-state index contributed by atoms with van der Waals surface area (Å²) in [6.45, 7) is 6.45. The van der Waals surface area contributed by atoms with Crippen molar-refractivity contribution in [1.82, 2.24) is 9.21 Å². The Balaban J connectivity index is 1.76. The molecule has 0 aromatic carbocycles. The molecule has 0 radical (unpaired) electrons. The molecule has 0 N–H and O–H groups in total. The van der Waals surface area contributed by atoms with E-state index in [1.807, 2.05) is 11.9 Å². The largest absolute Gasteiger partial charge is 0.300 e. The zero-order valence-corrected chi connectivity index (χ0v) is 11.8. The smallest absolute Gasteiger partial charge is 0.133 e. The minimum Gasteiger partial charge on any atom is -0.300 e. The molecule has 17 heavy (non-hydrogen) atoms. The molecule has 0 aromatic rings. The van der Waals surface area contributed by atoms with Gasteiger partial charge in [0, 0.05) is 25.0 Å². The van der Waals surface area contributed by atoms with E-state index in [1.165, 1.54) is 25.9 Å². The third-order valence-corrected chi connectivity index (χ3v) is 5.18. The normalized spacial score (nSPS) is 26.2. The molecular formula is C13H24N2OS. The molecule has 0 aromatic heterocycles. The minimum absolute atomic E-state index is 0.345. The van der Waals surface area contributed by atoms with Crippen molar-refractivity contribution < 1.29 is 4.79 Å². The lowest BCUT2D eigenvalue weighted by Crippen LogP contribution is -2.47. The predicted octanol–water partition coefficient (Wildman–Crippen LogP) is 2.03. The van der Waals surface area contributed by atoms with Gasteiger partial charge < -0.3 is 4.90 Å². The van der Waals surface area contributed by atoms with Gasteiger partial charge in [0.25, 0.3) is 0 Å². The minimum atomic E-state index is 0.345. The number of ketones is 1. The Morgan fingerprint density at radius 2 is 1.65 bits per heavy atom. The number of carbonyl (C=O) groups excluding carboxylic acids is 1. The molecule has 0 atom stereocenters. The second-order valence-corrected chi connectivity index (χ2v) is 6.15. The number of hydrogen-bond donors (Lipinski definition) is 0. The predicted molar refractivity (Wildman–Crippen MR) is 73.1 cm³/mol. The van der Waals surface area contributed by atoms with Crippen LogP contribution in [0.4, 0.5) is 0 Å². The molecular weight excluding hydrogens is 232 g/mol. The third kappa shape index (κ3) is 3.46. The molecule has 98 valence electrons. The Morgan fingerprint density at radius 1 is 1.06 bits per heavy atom. The molecule has 2 fully saturated rings. The van der Waals surface area contributed by atoms with Crippen LogP contribution in [0.3, 0.4) is 0 Å². The highest BCUT2D eigenvalue weighted by atomic mass is 32.2. The van der Waals surface area contributed by atoms with E-state index in [9.17, 15) is 4.79 Å². The fourth-order valence-corrected chi connectivity index (χ4v) is 3.64. The topological polar surface area (TPSA) is 23.6 Å². The van der Waals surface area contributed by atoms with Gasteiger partial charge in [0.1, 0.15) is 5.78 Å². The summed E-state index contributed by atoms with van der Waals surface area (Å²) >= 11 is 1.87. The highest BCUT2D eigenvalue weighted by molar-refractivity contribution is 7.96. The van der Waals surface area contributed by atoms with Gasteiger partial charge in [0.2, 0.25) is 0 Å². The van der Waals surface area contributed by atoms with E-state index >= 15 is 0 Å². The van der Waals surface area contributed by atoms with Gasteiger partial charge in [-0.15, -0.1) is 0 Å². The first-order valence-electron chi connectivity index (χ1n) is 6.74. The van der Waals surface area contributed by atoms with Crippen molar-refractivity contribution in [2.24, 2.45) is 5.92 Å². The van der Waals surface area contributed by atoms with Gasteiger partial charge >= 0.3 is 0 Å². The zero-order valence-electron chi connectivity index (χ0n) is 11.0. The van der Waals surface area contributed by atoms with Crippen LogP contribution < -0.4 is 0 Å². The van der Waals surface area contributed by atoms with E-state index < -0.39 is 0 Å². The number of hydrogen-bond acceptors (Lipinski definition) is 4. The van der Waals surface area contributed by atoms with E-state index in [0.717, 1.165) is 32.0 Å². The van der Waals surface area contributed by atoms with Crippen LogP contribution in [0.1, 0.15) is 32.6 Å². The Bertz CT molecular complexity index is 256. The summed E-state index contributed by atoms with van der Waals surface area (Å²) < 4.78 is 2.46.